The third-order valence-electron chi connectivity index (χ3n) is 3.15. The zero-order chi connectivity index (χ0) is 14.3. The minimum atomic E-state index is -1.000. The van der Waals surface area contributed by atoms with Crippen molar-refractivity contribution >= 4 is 33.6 Å². The van der Waals surface area contributed by atoms with Crippen molar-refractivity contribution in [2.75, 3.05) is 6.54 Å². The summed E-state index contributed by atoms with van der Waals surface area (Å²) in [6.07, 6.45) is 4.30. The molecule has 0 aromatic carbocycles. The summed E-state index contributed by atoms with van der Waals surface area (Å²) in [7, 11) is 0. The molecule has 0 saturated carbocycles. The zero-order valence-electron chi connectivity index (χ0n) is 10.2. The van der Waals surface area contributed by atoms with E-state index in [0.29, 0.717) is 29.6 Å². The number of carboxylic acids is 1. The second-order valence-corrected chi connectivity index (χ2v) is 5.36. The van der Waals surface area contributed by atoms with Gasteiger partial charge < -0.3 is 10.0 Å². The van der Waals surface area contributed by atoms with E-state index in [2.05, 4.69) is 31.0 Å². The van der Waals surface area contributed by atoms with Crippen molar-refractivity contribution in [2.45, 2.75) is 18.9 Å². The second-order valence-electron chi connectivity index (χ2n) is 4.45. The van der Waals surface area contributed by atoms with Crippen LogP contribution >= 0.6 is 15.9 Å². The molecule has 8 nitrogen and oxygen atoms in total. The zero-order valence-corrected chi connectivity index (χ0v) is 11.8. The number of carboxylic acid groups (broad SMARTS) is 1. The highest BCUT2D eigenvalue weighted by Crippen LogP contribution is 2.19. The van der Waals surface area contributed by atoms with Gasteiger partial charge in [-0.15, -0.1) is 5.10 Å². The molecule has 9 heteroatoms. The Bertz CT molecular complexity index is 700. The Labute approximate surface area is 121 Å². The van der Waals surface area contributed by atoms with Gasteiger partial charge in [0, 0.05) is 18.9 Å². The van der Waals surface area contributed by atoms with Crippen LogP contribution in [0.15, 0.2) is 16.9 Å². The molecule has 0 aliphatic carbocycles. The summed E-state index contributed by atoms with van der Waals surface area (Å²) in [5.41, 5.74) is 0. The highest BCUT2D eigenvalue weighted by molar-refractivity contribution is 9.10. The molecule has 0 radical (unpaired) electrons. The van der Waals surface area contributed by atoms with Gasteiger partial charge in [0.05, 0.1) is 4.47 Å². The molecule has 2 aromatic heterocycles. The lowest BCUT2D eigenvalue weighted by molar-refractivity contribution is -0.141. The van der Waals surface area contributed by atoms with Crippen LogP contribution in [0.25, 0.3) is 5.78 Å². The molecule has 1 atom stereocenters. The highest BCUT2D eigenvalue weighted by atomic mass is 79.9. The molecule has 1 fully saturated rings. The van der Waals surface area contributed by atoms with E-state index in [4.69, 9.17) is 5.11 Å². The van der Waals surface area contributed by atoms with Crippen LogP contribution in [0.1, 0.15) is 23.5 Å². The topological polar surface area (TPSA) is 101 Å². The first-order valence-corrected chi connectivity index (χ1v) is 6.77. The molecule has 20 heavy (non-hydrogen) atoms. The Kier molecular flexibility index (Phi) is 3.13. The van der Waals surface area contributed by atoms with Crippen LogP contribution in [0.4, 0.5) is 0 Å². The van der Waals surface area contributed by atoms with E-state index in [0.717, 1.165) is 0 Å². The first-order chi connectivity index (χ1) is 9.56. The van der Waals surface area contributed by atoms with E-state index >= 15 is 0 Å². The van der Waals surface area contributed by atoms with Crippen molar-refractivity contribution in [2.24, 2.45) is 0 Å². The first kappa shape index (κ1) is 13.0. The maximum absolute atomic E-state index is 12.3. The van der Waals surface area contributed by atoms with Crippen LogP contribution in [0.5, 0.6) is 0 Å². The predicted octanol–water partition coefficient (Wildman–Crippen LogP) is 0.576. The van der Waals surface area contributed by atoms with Crippen molar-refractivity contribution in [3.05, 3.63) is 22.7 Å². The molecule has 0 unspecified atom stereocenters. The fourth-order valence-corrected chi connectivity index (χ4v) is 2.54. The summed E-state index contributed by atoms with van der Waals surface area (Å²) in [5.74, 6) is -1.22. The molecule has 2 aromatic rings. The quantitative estimate of drug-likeness (QED) is 0.858. The lowest BCUT2D eigenvalue weighted by Crippen LogP contribution is -2.40. The fraction of sp³-hybridized carbons (Fsp3) is 0.364. The van der Waals surface area contributed by atoms with Crippen LogP contribution in [0.3, 0.4) is 0 Å². The molecule has 1 amide bonds. The maximum Gasteiger partial charge on any atom is 0.326 e. The molecule has 1 aliphatic rings. The van der Waals surface area contributed by atoms with E-state index in [1.165, 1.54) is 9.42 Å². The minimum absolute atomic E-state index is 0.0382. The van der Waals surface area contributed by atoms with Crippen molar-refractivity contribution in [1.29, 1.82) is 0 Å². The van der Waals surface area contributed by atoms with Gasteiger partial charge >= 0.3 is 5.97 Å². The maximum atomic E-state index is 12.3. The molecule has 1 aliphatic heterocycles. The molecule has 0 spiro atoms. The number of carbonyl (C=O) groups excluding carboxylic acids is 1. The number of halogens is 1. The monoisotopic (exact) mass is 339 g/mol. The minimum Gasteiger partial charge on any atom is -0.480 e. The summed E-state index contributed by atoms with van der Waals surface area (Å²) < 4.78 is 2.09. The average Bonchev–Trinajstić information content (AvgIpc) is 3.03. The number of carbonyl (C=O) groups is 2. The van der Waals surface area contributed by atoms with Gasteiger partial charge in [0.2, 0.25) is 5.82 Å². The first-order valence-electron chi connectivity index (χ1n) is 5.98. The van der Waals surface area contributed by atoms with E-state index in [-0.39, 0.29) is 5.82 Å². The lowest BCUT2D eigenvalue weighted by atomic mass is 10.2. The number of hydrogen-bond acceptors (Lipinski definition) is 5. The standard InChI is InChI=1S/C11H10BrN5O3/c12-6-4-13-11-14-8(15-17(11)5-6)9(18)16-3-1-2-7(16)10(19)20/h4-5,7H,1-3H2,(H,19,20)/t7-/m1/s1. The van der Waals surface area contributed by atoms with E-state index in [9.17, 15) is 9.59 Å². The summed E-state index contributed by atoms with van der Waals surface area (Å²) in [4.78, 5) is 32.8. The molecular weight excluding hydrogens is 330 g/mol. The van der Waals surface area contributed by atoms with Gasteiger partial charge in [-0.05, 0) is 28.8 Å². The number of aliphatic carboxylic acids is 1. The smallest absolute Gasteiger partial charge is 0.326 e. The Morgan fingerprint density at radius 2 is 2.25 bits per heavy atom. The van der Waals surface area contributed by atoms with Gasteiger partial charge in [-0.1, -0.05) is 0 Å². The van der Waals surface area contributed by atoms with Gasteiger partial charge in [-0.25, -0.2) is 14.3 Å². The van der Waals surface area contributed by atoms with Gasteiger partial charge in [0.15, 0.2) is 0 Å². The van der Waals surface area contributed by atoms with Gasteiger partial charge in [-0.2, -0.15) is 4.98 Å². The normalized spacial score (nSPS) is 18.6. The van der Waals surface area contributed by atoms with Crippen molar-refractivity contribution < 1.29 is 14.7 Å². The van der Waals surface area contributed by atoms with Crippen molar-refractivity contribution in [3.63, 3.8) is 0 Å². The summed E-state index contributed by atoms with van der Waals surface area (Å²) in [5, 5.41) is 13.1. The number of amides is 1. The number of nitrogens with zero attached hydrogens (tertiary/aromatic N) is 5. The van der Waals surface area contributed by atoms with Gasteiger partial charge in [0.1, 0.15) is 6.04 Å². The van der Waals surface area contributed by atoms with Gasteiger partial charge in [-0.3, -0.25) is 4.79 Å². The number of likely N-dealkylation sites (tertiary alicyclic amines) is 1. The van der Waals surface area contributed by atoms with Crippen LogP contribution in [-0.2, 0) is 4.79 Å². The average molecular weight is 340 g/mol. The SMILES string of the molecule is O=C(O)[C@H]1CCCN1C(=O)c1nc2ncc(Br)cn2n1. The molecule has 1 N–H and O–H groups in total. The summed E-state index contributed by atoms with van der Waals surface area (Å²) >= 11 is 3.25. The molecule has 0 bridgehead atoms. The second kappa shape index (κ2) is 4.82. The Morgan fingerprint density at radius 1 is 1.45 bits per heavy atom. The number of rotatable bonds is 2. The largest absolute Gasteiger partial charge is 0.480 e. The van der Waals surface area contributed by atoms with Crippen LogP contribution in [-0.4, -0.2) is 54.1 Å². The summed E-state index contributed by atoms with van der Waals surface area (Å²) in [6.45, 7) is 0.405. The van der Waals surface area contributed by atoms with Crippen molar-refractivity contribution in [1.82, 2.24) is 24.5 Å². The molecule has 3 heterocycles. The fourth-order valence-electron chi connectivity index (χ4n) is 2.24. The Hall–Kier alpha value is -2.03. The van der Waals surface area contributed by atoms with E-state index in [1.54, 1.807) is 12.4 Å². The number of hydrogen-bond donors (Lipinski definition) is 1. The summed E-state index contributed by atoms with van der Waals surface area (Å²) in [6, 6.07) is -0.797. The van der Waals surface area contributed by atoms with Crippen LogP contribution in [0, 0.1) is 0 Å². The third kappa shape index (κ3) is 2.13. The predicted molar refractivity (Wildman–Crippen MR) is 70.2 cm³/mol. The lowest BCUT2D eigenvalue weighted by Gasteiger charge is -2.19. The highest BCUT2D eigenvalue weighted by Gasteiger charge is 2.36. The number of fused-ring (bicyclic) bond motifs is 1. The molecule has 1 saturated heterocycles. The number of aromatic nitrogens is 4. The van der Waals surface area contributed by atoms with Gasteiger partial charge in [0.25, 0.3) is 11.7 Å². The molecular formula is C11H10BrN5O3. The Morgan fingerprint density at radius 3 is 3.00 bits per heavy atom. The van der Waals surface area contributed by atoms with Crippen LogP contribution < -0.4 is 0 Å². The third-order valence-corrected chi connectivity index (χ3v) is 3.56. The van der Waals surface area contributed by atoms with Crippen LogP contribution in [0.2, 0.25) is 0 Å². The van der Waals surface area contributed by atoms with E-state index in [1.807, 2.05) is 0 Å². The molecule has 3 rings (SSSR count). The molecule has 104 valence electrons. The van der Waals surface area contributed by atoms with Crippen molar-refractivity contribution in [3.8, 4) is 0 Å². The Balaban J connectivity index is 1.94. The van der Waals surface area contributed by atoms with E-state index < -0.39 is 17.9 Å².